The van der Waals surface area contributed by atoms with Crippen LogP contribution in [-0.4, -0.2) is 41.5 Å². The van der Waals surface area contributed by atoms with Gasteiger partial charge in [0.15, 0.2) is 0 Å². The summed E-state index contributed by atoms with van der Waals surface area (Å²) < 4.78 is 14.4. The average molecular weight is 347 g/mol. The first kappa shape index (κ1) is 16.6. The molecule has 0 radical (unpaired) electrons. The zero-order valence-corrected chi connectivity index (χ0v) is 12.6. The van der Waals surface area contributed by atoms with Gasteiger partial charge in [0.05, 0.1) is 13.2 Å². The number of hydrogen-bond donors (Lipinski definition) is 2. The van der Waals surface area contributed by atoms with Crippen molar-refractivity contribution in [2.45, 2.75) is 13.5 Å². The van der Waals surface area contributed by atoms with Gasteiger partial charge in [0.2, 0.25) is 11.8 Å². The Bertz CT molecular complexity index is 497. The number of rotatable bonds is 6. The van der Waals surface area contributed by atoms with Crippen LogP contribution >= 0.6 is 15.9 Å². The predicted molar refractivity (Wildman–Crippen MR) is 75.3 cm³/mol. The molecule has 0 heterocycles. The van der Waals surface area contributed by atoms with Gasteiger partial charge in [-0.15, -0.1) is 0 Å². The maximum absolute atomic E-state index is 13.7. The molecule has 2 amide bonds. The van der Waals surface area contributed by atoms with Crippen molar-refractivity contribution in [3.05, 3.63) is 34.1 Å². The quantitative estimate of drug-likeness (QED) is 0.808. The first-order valence-electron chi connectivity index (χ1n) is 6.01. The van der Waals surface area contributed by atoms with E-state index in [0.717, 1.165) is 0 Å². The Morgan fingerprint density at radius 2 is 2.15 bits per heavy atom. The van der Waals surface area contributed by atoms with Gasteiger partial charge in [-0.2, -0.15) is 0 Å². The lowest BCUT2D eigenvalue weighted by Crippen LogP contribution is -2.40. The molecule has 0 spiro atoms. The molecular formula is C13H16BrFN2O3. The fourth-order valence-corrected chi connectivity index (χ4v) is 2.00. The second kappa shape index (κ2) is 7.96. The molecule has 0 fully saturated rings. The highest BCUT2D eigenvalue weighted by molar-refractivity contribution is 9.10. The third kappa shape index (κ3) is 5.26. The molecule has 1 aromatic rings. The number of aliphatic hydroxyl groups is 1. The Kier molecular flexibility index (Phi) is 6.60. The Morgan fingerprint density at radius 1 is 1.45 bits per heavy atom. The number of nitrogens with one attached hydrogen (secondary N) is 1. The van der Waals surface area contributed by atoms with E-state index in [2.05, 4.69) is 21.2 Å². The van der Waals surface area contributed by atoms with Crippen LogP contribution in [-0.2, 0) is 16.1 Å². The molecular weight excluding hydrogens is 331 g/mol. The van der Waals surface area contributed by atoms with Crippen LogP contribution in [0, 0.1) is 5.82 Å². The van der Waals surface area contributed by atoms with E-state index in [1.165, 1.54) is 17.9 Å². The molecule has 0 bridgehead atoms. The number of carbonyl (C=O) groups is 2. The van der Waals surface area contributed by atoms with Crippen molar-refractivity contribution in [1.82, 2.24) is 10.2 Å². The molecule has 0 aromatic heterocycles. The number of aliphatic hydroxyl groups excluding tert-OH is 1. The van der Waals surface area contributed by atoms with Crippen LogP contribution in [0.4, 0.5) is 4.39 Å². The number of halogens is 2. The molecule has 1 aromatic carbocycles. The molecule has 0 aliphatic rings. The normalized spacial score (nSPS) is 10.2. The fourth-order valence-electron chi connectivity index (χ4n) is 1.59. The Morgan fingerprint density at radius 3 is 2.75 bits per heavy atom. The van der Waals surface area contributed by atoms with Gasteiger partial charge in [-0.05, 0) is 18.2 Å². The summed E-state index contributed by atoms with van der Waals surface area (Å²) in [5, 5.41) is 11.4. The summed E-state index contributed by atoms with van der Waals surface area (Å²) >= 11 is 3.24. The minimum atomic E-state index is -0.427. The smallest absolute Gasteiger partial charge is 0.242 e. The van der Waals surface area contributed by atoms with E-state index in [1.807, 2.05) is 0 Å². The Labute approximate surface area is 124 Å². The van der Waals surface area contributed by atoms with E-state index in [4.69, 9.17) is 5.11 Å². The van der Waals surface area contributed by atoms with Crippen molar-refractivity contribution in [1.29, 1.82) is 0 Å². The molecule has 0 unspecified atom stereocenters. The molecule has 1 rings (SSSR count). The van der Waals surface area contributed by atoms with Crippen molar-refractivity contribution in [2.75, 3.05) is 19.7 Å². The lowest BCUT2D eigenvalue weighted by Gasteiger charge is -2.22. The highest BCUT2D eigenvalue weighted by atomic mass is 79.9. The van der Waals surface area contributed by atoms with Crippen LogP contribution < -0.4 is 5.32 Å². The summed E-state index contributed by atoms with van der Waals surface area (Å²) in [6.07, 6.45) is 0. The number of amides is 2. The second-order valence-corrected chi connectivity index (χ2v) is 5.10. The van der Waals surface area contributed by atoms with Gasteiger partial charge in [-0.1, -0.05) is 15.9 Å². The van der Waals surface area contributed by atoms with Crippen LogP contribution in [0.25, 0.3) is 0 Å². The van der Waals surface area contributed by atoms with E-state index in [0.29, 0.717) is 10.0 Å². The van der Waals surface area contributed by atoms with Crippen molar-refractivity contribution >= 4 is 27.7 Å². The SMILES string of the molecule is CC(=O)NCC(=O)N(CCO)Cc1cc(Br)ccc1F. The number of hydrogen-bond acceptors (Lipinski definition) is 3. The van der Waals surface area contributed by atoms with Gasteiger partial charge in [0, 0.05) is 30.0 Å². The summed E-state index contributed by atoms with van der Waals surface area (Å²) in [6, 6.07) is 4.44. The molecule has 0 aliphatic carbocycles. The molecule has 0 atom stereocenters. The van der Waals surface area contributed by atoms with Crippen LogP contribution in [0.5, 0.6) is 0 Å². The molecule has 110 valence electrons. The third-order valence-electron chi connectivity index (χ3n) is 2.58. The third-order valence-corrected chi connectivity index (χ3v) is 3.07. The first-order valence-corrected chi connectivity index (χ1v) is 6.80. The zero-order valence-electron chi connectivity index (χ0n) is 11.0. The molecule has 7 heteroatoms. The topological polar surface area (TPSA) is 69.6 Å². The van der Waals surface area contributed by atoms with Crippen molar-refractivity contribution in [2.24, 2.45) is 0 Å². The fraction of sp³-hybridized carbons (Fsp3) is 0.385. The van der Waals surface area contributed by atoms with Crippen molar-refractivity contribution in [3.8, 4) is 0 Å². The van der Waals surface area contributed by atoms with E-state index in [1.54, 1.807) is 12.1 Å². The largest absolute Gasteiger partial charge is 0.395 e. The van der Waals surface area contributed by atoms with Crippen LogP contribution in [0.2, 0.25) is 0 Å². The van der Waals surface area contributed by atoms with Gasteiger partial charge in [0.25, 0.3) is 0 Å². The zero-order chi connectivity index (χ0) is 15.1. The van der Waals surface area contributed by atoms with Gasteiger partial charge in [-0.25, -0.2) is 4.39 Å². The lowest BCUT2D eigenvalue weighted by molar-refractivity contribution is -0.133. The molecule has 0 saturated heterocycles. The van der Waals surface area contributed by atoms with E-state index >= 15 is 0 Å². The molecule has 0 saturated carbocycles. The molecule has 5 nitrogen and oxygen atoms in total. The van der Waals surface area contributed by atoms with Gasteiger partial charge in [0.1, 0.15) is 5.82 Å². The highest BCUT2D eigenvalue weighted by Gasteiger charge is 2.16. The molecule has 20 heavy (non-hydrogen) atoms. The summed E-state index contributed by atoms with van der Waals surface area (Å²) in [7, 11) is 0. The average Bonchev–Trinajstić information content (AvgIpc) is 2.39. The van der Waals surface area contributed by atoms with Crippen molar-refractivity contribution < 1.29 is 19.1 Å². The summed E-state index contributed by atoms with van der Waals surface area (Å²) in [4.78, 5) is 24.0. The first-order chi connectivity index (χ1) is 9.43. The van der Waals surface area contributed by atoms with Crippen LogP contribution in [0.3, 0.4) is 0 Å². The Balaban J connectivity index is 2.78. The second-order valence-electron chi connectivity index (χ2n) is 4.18. The minimum absolute atomic E-state index is 0.0320. The summed E-state index contributed by atoms with van der Waals surface area (Å²) in [5.41, 5.74) is 0.337. The monoisotopic (exact) mass is 346 g/mol. The van der Waals surface area contributed by atoms with E-state index in [-0.39, 0.29) is 38.1 Å². The van der Waals surface area contributed by atoms with E-state index < -0.39 is 5.82 Å². The van der Waals surface area contributed by atoms with Crippen LogP contribution in [0.15, 0.2) is 22.7 Å². The van der Waals surface area contributed by atoms with Gasteiger partial charge >= 0.3 is 0 Å². The lowest BCUT2D eigenvalue weighted by atomic mass is 10.2. The van der Waals surface area contributed by atoms with E-state index in [9.17, 15) is 14.0 Å². The Hall–Kier alpha value is -1.47. The van der Waals surface area contributed by atoms with Gasteiger partial charge in [-0.3, -0.25) is 9.59 Å². The number of benzene rings is 1. The van der Waals surface area contributed by atoms with Gasteiger partial charge < -0.3 is 15.3 Å². The molecule has 0 aliphatic heterocycles. The van der Waals surface area contributed by atoms with Crippen molar-refractivity contribution in [3.63, 3.8) is 0 Å². The standard InChI is InChI=1S/C13H16BrFN2O3/c1-9(19)16-7-13(20)17(4-5-18)8-10-6-11(14)2-3-12(10)15/h2-3,6,18H,4-5,7-8H2,1H3,(H,16,19). The van der Waals surface area contributed by atoms with Crippen LogP contribution in [0.1, 0.15) is 12.5 Å². The number of carbonyl (C=O) groups excluding carboxylic acids is 2. The minimum Gasteiger partial charge on any atom is -0.395 e. The summed E-state index contributed by atoms with van der Waals surface area (Å²) in [6.45, 7) is 0.999. The predicted octanol–water partition coefficient (Wildman–Crippen LogP) is 1.05. The highest BCUT2D eigenvalue weighted by Crippen LogP contribution is 2.17. The summed E-state index contributed by atoms with van der Waals surface area (Å²) in [5.74, 6) is -1.13. The maximum Gasteiger partial charge on any atom is 0.242 e. The maximum atomic E-state index is 13.7. The molecule has 2 N–H and O–H groups in total. The number of nitrogens with zero attached hydrogens (tertiary/aromatic N) is 1.